The molecular formula is C28H31BrN2O4. The second kappa shape index (κ2) is 12.4. The zero-order chi connectivity index (χ0) is 25.3. The van der Waals surface area contributed by atoms with Gasteiger partial charge in [-0.1, -0.05) is 67.0 Å². The van der Waals surface area contributed by atoms with Crippen LogP contribution in [0, 0.1) is 0 Å². The van der Waals surface area contributed by atoms with Gasteiger partial charge >= 0.3 is 0 Å². The molecule has 0 aliphatic carbocycles. The van der Waals surface area contributed by atoms with E-state index in [2.05, 4.69) is 59.4 Å². The first-order valence-corrected chi connectivity index (χ1v) is 12.1. The Kier molecular flexibility index (Phi) is 9.32. The van der Waals surface area contributed by atoms with Crippen molar-refractivity contribution in [1.82, 2.24) is 5.43 Å². The lowest BCUT2D eigenvalue weighted by molar-refractivity contribution is -0.123. The number of carbonyl (C=O) groups is 1. The number of nitrogens with one attached hydrogen (secondary N) is 1. The fourth-order valence-electron chi connectivity index (χ4n) is 3.38. The lowest BCUT2D eigenvalue weighted by atomic mass is 9.86. The molecule has 6 nitrogen and oxygen atoms in total. The summed E-state index contributed by atoms with van der Waals surface area (Å²) in [7, 11) is 1.59. The van der Waals surface area contributed by atoms with Gasteiger partial charge in [0.05, 0.1) is 19.9 Å². The third-order valence-electron chi connectivity index (χ3n) is 5.19. The molecule has 7 heteroatoms. The Morgan fingerprint density at radius 2 is 1.71 bits per heavy atom. The molecule has 0 saturated heterocycles. The SMILES string of the molecule is COc1cc(/C=N/NC(=O)COc2ccc(Br)cc2C(C)(C)C)ccc1OCCc1ccccc1. The van der Waals surface area contributed by atoms with E-state index in [1.807, 2.05) is 48.5 Å². The van der Waals surface area contributed by atoms with E-state index in [1.54, 1.807) is 19.4 Å². The van der Waals surface area contributed by atoms with E-state index in [0.29, 0.717) is 23.9 Å². The van der Waals surface area contributed by atoms with Crippen LogP contribution in [0.1, 0.15) is 37.5 Å². The number of halogens is 1. The summed E-state index contributed by atoms with van der Waals surface area (Å²) in [5.74, 6) is 1.58. The van der Waals surface area contributed by atoms with Gasteiger partial charge in [0.1, 0.15) is 5.75 Å². The molecular weight excluding hydrogens is 508 g/mol. The Morgan fingerprint density at radius 1 is 0.971 bits per heavy atom. The first-order chi connectivity index (χ1) is 16.8. The molecule has 184 valence electrons. The van der Waals surface area contributed by atoms with E-state index >= 15 is 0 Å². The van der Waals surface area contributed by atoms with Crippen molar-refractivity contribution in [2.45, 2.75) is 32.6 Å². The smallest absolute Gasteiger partial charge is 0.277 e. The highest BCUT2D eigenvalue weighted by Crippen LogP contribution is 2.33. The summed E-state index contributed by atoms with van der Waals surface area (Å²) >= 11 is 3.49. The summed E-state index contributed by atoms with van der Waals surface area (Å²) in [4.78, 5) is 12.2. The van der Waals surface area contributed by atoms with Gasteiger partial charge in [0.25, 0.3) is 5.91 Å². The highest BCUT2D eigenvalue weighted by Gasteiger charge is 2.20. The van der Waals surface area contributed by atoms with Crippen molar-refractivity contribution in [3.63, 3.8) is 0 Å². The Bertz CT molecular complexity index is 1160. The Hall–Kier alpha value is -3.32. The fraction of sp³-hybridized carbons (Fsp3) is 0.286. The van der Waals surface area contributed by atoms with E-state index in [0.717, 1.165) is 22.0 Å². The molecule has 0 aromatic heterocycles. The van der Waals surface area contributed by atoms with E-state index in [4.69, 9.17) is 14.2 Å². The lowest BCUT2D eigenvalue weighted by Gasteiger charge is -2.23. The summed E-state index contributed by atoms with van der Waals surface area (Å²) in [5.41, 5.74) is 5.37. The number of hydrogen-bond donors (Lipinski definition) is 1. The molecule has 0 saturated carbocycles. The van der Waals surface area contributed by atoms with Gasteiger partial charge in [-0.25, -0.2) is 5.43 Å². The maximum Gasteiger partial charge on any atom is 0.277 e. The standard InChI is InChI=1S/C28H31BrN2O4/c1-28(2,3)23-17-22(29)11-13-24(23)35-19-27(32)31-30-18-21-10-12-25(26(16-21)33-4)34-15-14-20-8-6-5-7-9-20/h5-13,16-18H,14-15,19H2,1-4H3,(H,31,32)/b30-18+. The summed E-state index contributed by atoms with van der Waals surface area (Å²) in [5, 5.41) is 4.04. The van der Waals surface area contributed by atoms with Crippen LogP contribution in [0.4, 0.5) is 0 Å². The van der Waals surface area contributed by atoms with Crippen LogP contribution in [0.25, 0.3) is 0 Å². The van der Waals surface area contributed by atoms with Crippen LogP contribution >= 0.6 is 15.9 Å². The quantitative estimate of drug-likeness (QED) is 0.257. The van der Waals surface area contributed by atoms with Crippen LogP contribution in [0.2, 0.25) is 0 Å². The molecule has 0 unspecified atom stereocenters. The summed E-state index contributed by atoms with van der Waals surface area (Å²) in [6.45, 7) is 6.69. The monoisotopic (exact) mass is 538 g/mol. The number of nitrogens with zero attached hydrogens (tertiary/aromatic N) is 1. The van der Waals surface area contributed by atoms with Crippen LogP contribution in [0.3, 0.4) is 0 Å². The summed E-state index contributed by atoms with van der Waals surface area (Å²) < 4.78 is 18.1. The molecule has 3 aromatic carbocycles. The van der Waals surface area contributed by atoms with Gasteiger partial charge in [0, 0.05) is 16.5 Å². The molecule has 1 N–H and O–H groups in total. The van der Waals surface area contributed by atoms with Crippen molar-refractivity contribution in [3.05, 3.63) is 87.9 Å². The molecule has 35 heavy (non-hydrogen) atoms. The largest absolute Gasteiger partial charge is 0.493 e. The minimum atomic E-state index is -0.350. The maximum absolute atomic E-state index is 12.2. The van der Waals surface area contributed by atoms with Gasteiger partial charge in [-0.2, -0.15) is 5.10 Å². The van der Waals surface area contributed by atoms with Crippen LogP contribution in [0.15, 0.2) is 76.3 Å². The number of benzene rings is 3. The first kappa shape index (κ1) is 26.3. The van der Waals surface area contributed by atoms with Crippen molar-refractivity contribution in [2.24, 2.45) is 5.10 Å². The number of hydrazone groups is 1. The Labute approximate surface area is 215 Å². The van der Waals surface area contributed by atoms with Gasteiger partial charge < -0.3 is 14.2 Å². The minimum absolute atomic E-state index is 0.121. The molecule has 0 heterocycles. The summed E-state index contributed by atoms with van der Waals surface area (Å²) in [6.07, 6.45) is 2.35. The first-order valence-electron chi connectivity index (χ1n) is 11.4. The van der Waals surface area contributed by atoms with Crippen molar-refractivity contribution in [2.75, 3.05) is 20.3 Å². The number of rotatable bonds is 10. The van der Waals surface area contributed by atoms with E-state index in [-0.39, 0.29) is 17.9 Å². The third-order valence-corrected chi connectivity index (χ3v) is 5.68. The number of amides is 1. The Morgan fingerprint density at radius 3 is 2.43 bits per heavy atom. The van der Waals surface area contributed by atoms with Crippen molar-refractivity contribution < 1.29 is 19.0 Å². The summed E-state index contributed by atoms with van der Waals surface area (Å²) in [6, 6.07) is 21.4. The normalized spacial score (nSPS) is 11.3. The predicted molar refractivity (Wildman–Crippen MR) is 143 cm³/mol. The second-order valence-electron chi connectivity index (χ2n) is 8.97. The van der Waals surface area contributed by atoms with Gasteiger partial charge in [-0.15, -0.1) is 0 Å². The minimum Gasteiger partial charge on any atom is -0.493 e. The van der Waals surface area contributed by atoms with E-state index in [1.165, 1.54) is 5.56 Å². The van der Waals surface area contributed by atoms with Crippen LogP contribution in [-0.4, -0.2) is 32.4 Å². The second-order valence-corrected chi connectivity index (χ2v) is 9.88. The average Bonchev–Trinajstić information content (AvgIpc) is 2.84. The lowest BCUT2D eigenvalue weighted by Crippen LogP contribution is -2.25. The third kappa shape index (κ3) is 8.14. The molecule has 0 atom stereocenters. The molecule has 0 radical (unpaired) electrons. The molecule has 0 bridgehead atoms. The highest BCUT2D eigenvalue weighted by molar-refractivity contribution is 9.10. The number of carbonyl (C=O) groups excluding carboxylic acids is 1. The molecule has 0 spiro atoms. The topological polar surface area (TPSA) is 69.2 Å². The average molecular weight is 539 g/mol. The number of hydrogen-bond acceptors (Lipinski definition) is 5. The molecule has 0 aliphatic heterocycles. The van der Waals surface area contributed by atoms with Crippen molar-refractivity contribution >= 4 is 28.1 Å². The molecule has 3 rings (SSSR count). The van der Waals surface area contributed by atoms with Gasteiger partial charge in [0.15, 0.2) is 18.1 Å². The molecule has 0 aliphatic rings. The van der Waals surface area contributed by atoms with E-state index < -0.39 is 0 Å². The van der Waals surface area contributed by atoms with Gasteiger partial charge in [-0.3, -0.25) is 4.79 Å². The molecule has 1 amide bonds. The van der Waals surface area contributed by atoms with Crippen LogP contribution < -0.4 is 19.6 Å². The van der Waals surface area contributed by atoms with Crippen LogP contribution in [-0.2, 0) is 16.6 Å². The molecule has 0 fully saturated rings. The fourth-order valence-corrected chi connectivity index (χ4v) is 3.74. The molecule has 3 aromatic rings. The predicted octanol–water partition coefficient (Wildman–Crippen LogP) is 5.91. The van der Waals surface area contributed by atoms with Gasteiger partial charge in [-0.05, 0) is 52.9 Å². The highest BCUT2D eigenvalue weighted by atomic mass is 79.9. The number of methoxy groups -OCH3 is 1. The zero-order valence-corrected chi connectivity index (χ0v) is 22.1. The zero-order valence-electron chi connectivity index (χ0n) is 20.5. The Balaban J connectivity index is 1.52. The van der Waals surface area contributed by atoms with Crippen LogP contribution in [0.5, 0.6) is 17.2 Å². The van der Waals surface area contributed by atoms with Gasteiger partial charge in [0.2, 0.25) is 0 Å². The number of ether oxygens (including phenoxy) is 3. The van der Waals surface area contributed by atoms with Crippen molar-refractivity contribution in [1.29, 1.82) is 0 Å². The van der Waals surface area contributed by atoms with E-state index in [9.17, 15) is 4.79 Å². The van der Waals surface area contributed by atoms with Crippen molar-refractivity contribution in [3.8, 4) is 17.2 Å². The maximum atomic E-state index is 12.2.